The lowest BCUT2D eigenvalue weighted by molar-refractivity contribution is 0.664. The molecule has 0 saturated heterocycles. The lowest BCUT2D eigenvalue weighted by atomic mass is 9.98. The fraction of sp³-hybridized carbons (Fsp3) is 0.00787. The fourth-order valence-electron chi connectivity index (χ4n) is 21.9. The number of furan rings is 3. The zero-order valence-electron chi connectivity index (χ0n) is 72.9. The molecule has 8 heteroatoms. The first-order chi connectivity index (χ1) is 66.9. The van der Waals surface area contributed by atoms with E-state index in [1.807, 2.05) is 34.8 Å². The molecule has 6 nitrogen and oxygen atoms in total. The van der Waals surface area contributed by atoms with E-state index in [4.69, 9.17) is 13.3 Å². The number of para-hydroxylation sites is 4. The molecular weight excluding hydrogens is 1680 g/mol. The Balaban J connectivity index is 0.000000101. The Hall–Kier alpha value is -17.1. The number of benzene rings is 21. The van der Waals surface area contributed by atoms with E-state index in [0.29, 0.717) is 0 Å². The van der Waals surface area contributed by atoms with E-state index < -0.39 is 0 Å². The number of thiophene rings is 2. The predicted molar refractivity (Wildman–Crippen MR) is 571 cm³/mol. The van der Waals surface area contributed by atoms with E-state index in [1.165, 1.54) is 162 Å². The van der Waals surface area contributed by atoms with Gasteiger partial charge in [0.2, 0.25) is 0 Å². The van der Waals surface area contributed by atoms with Crippen LogP contribution in [0.15, 0.2) is 468 Å². The zero-order valence-corrected chi connectivity index (χ0v) is 74.5. The van der Waals surface area contributed by atoms with Crippen molar-refractivity contribution in [2.45, 2.75) is 6.42 Å². The largest absolute Gasteiger partial charge is 0.456 e. The second-order valence-corrected chi connectivity index (χ2v) is 37.6. The van der Waals surface area contributed by atoms with Crippen LogP contribution >= 0.6 is 22.7 Å². The first kappa shape index (κ1) is 76.7. The smallest absolute Gasteiger partial charge is 0.147 e. The third kappa shape index (κ3) is 12.2. The van der Waals surface area contributed by atoms with Crippen LogP contribution in [0.4, 0.5) is 0 Å². The first-order valence-corrected chi connectivity index (χ1v) is 47.7. The molecule has 1 aliphatic rings. The second-order valence-electron chi connectivity index (χ2n) is 35.5. The highest BCUT2D eigenvalue weighted by Gasteiger charge is 2.29. The molecule has 21 aromatic carbocycles. The highest BCUT2D eigenvalue weighted by atomic mass is 32.1. The highest BCUT2D eigenvalue weighted by molar-refractivity contribution is 7.27. The second kappa shape index (κ2) is 30.8. The summed E-state index contributed by atoms with van der Waals surface area (Å²) in [5.41, 5.74) is 35.9. The molecule has 0 aliphatic heterocycles. The summed E-state index contributed by atoms with van der Waals surface area (Å²) in [4.78, 5) is 0. The summed E-state index contributed by atoms with van der Waals surface area (Å²) in [6.45, 7) is 0. The molecule has 8 heterocycles. The van der Waals surface area contributed by atoms with E-state index in [1.54, 1.807) is 0 Å². The summed E-state index contributed by atoms with van der Waals surface area (Å²) in [6.07, 6.45) is 1.02. The molecular formula is C127H77N3O3S2. The van der Waals surface area contributed by atoms with Gasteiger partial charge in [0.05, 0.1) is 49.3 Å². The Morgan fingerprint density at radius 1 is 0.185 bits per heavy atom. The summed E-state index contributed by atoms with van der Waals surface area (Å²) < 4.78 is 32.7. The van der Waals surface area contributed by atoms with Gasteiger partial charge in [-0.3, -0.25) is 0 Å². The van der Waals surface area contributed by atoms with Crippen molar-refractivity contribution in [2.24, 2.45) is 0 Å². The fourth-order valence-corrected chi connectivity index (χ4v) is 24.4. The lowest BCUT2D eigenvalue weighted by Gasteiger charge is -2.14. The van der Waals surface area contributed by atoms with Gasteiger partial charge in [0, 0.05) is 111 Å². The van der Waals surface area contributed by atoms with Gasteiger partial charge < -0.3 is 27.0 Å². The number of fused-ring (bicyclic) bond motifs is 33. The molecule has 0 fully saturated rings. The number of aromatic nitrogens is 3. The summed E-state index contributed by atoms with van der Waals surface area (Å²) in [7, 11) is 0. The Bertz CT molecular complexity index is 9340. The molecule has 0 N–H and O–H groups in total. The normalized spacial score (nSPS) is 12.1. The van der Waals surface area contributed by atoms with Gasteiger partial charge in [0.15, 0.2) is 0 Å². The van der Waals surface area contributed by atoms with Gasteiger partial charge in [0.25, 0.3) is 0 Å². The van der Waals surface area contributed by atoms with Gasteiger partial charge in [-0.1, -0.05) is 315 Å². The van der Waals surface area contributed by atoms with Gasteiger partial charge in [-0.15, -0.1) is 22.7 Å². The van der Waals surface area contributed by atoms with Crippen LogP contribution in [0.5, 0.6) is 0 Å². The Labute approximate surface area is 782 Å². The summed E-state index contributed by atoms with van der Waals surface area (Å²) >= 11 is 3.80. The van der Waals surface area contributed by atoms with Crippen LogP contribution in [0.25, 0.3) is 267 Å². The van der Waals surface area contributed by atoms with Crippen molar-refractivity contribution in [3.05, 3.63) is 466 Å². The van der Waals surface area contributed by atoms with Crippen LogP contribution in [0.3, 0.4) is 0 Å². The highest BCUT2D eigenvalue weighted by Crippen LogP contribution is 2.53. The molecule has 630 valence electrons. The molecule has 8 aromatic heterocycles. The molecule has 135 heavy (non-hydrogen) atoms. The van der Waals surface area contributed by atoms with Crippen LogP contribution in [-0.4, -0.2) is 13.7 Å². The molecule has 0 spiro atoms. The predicted octanol–water partition coefficient (Wildman–Crippen LogP) is 36.4. The maximum Gasteiger partial charge on any atom is 0.147 e. The molecule has 0 amide bonds. The minimum atomic E-state index is 0.840. The zero-order chi connectivity index (χ0) is 88.5. The third-order valence-electron chi connectivity index (χ3n) is 27.9. The van der Waals surface area contributed by atoms with Crippen molar-refractivity contribution >= 4 is 194 Å². The van der Waals surface area contributed by atoms with E-state index in [0.717, 1.165) is 122 Å². The topological polar surface area (TPSA) is 54.2 Å². The molecule has 0 atom stereocenters. The molecule has 0 radical (unpaired) electrons. The molecule has 1 aliphatic carbocycles. The summed E-state index contributed by atoms with van der Waals surface area (Å²) in [5.74, 6) is 0. The van der Waals surface area contributed by atoms with Gasteiger partial charge in [-0.2, -0.15) is 0 Å². The number of hydrogen-bond acceptors (Lipinski definition) is 5. The quantitative estimate of drug-likeness (QED) is 0.145. The van der Waals surface area contributed by atoms with E-state index >= 15 is 0 Å². The minimum Gasteiger partial charge on any atom is -0.456 e. The summed E-state index contributed by atoms with van der Waals surface area (Å²) in [6, 6.07) is 164. The third-order valence-corrected chi connectivity index (χ3v) is 30.3. The van der Waals surface area contributed by atoms with E-state index in [2.05, 4.69) is 457 Å². The van der Waals surface area contributed by atoms with Crippen molar-refractivity contribution in [2.75, 3.05) is 0 Å². The van der Waals surface area contributed by atoms with Crippen LogP contribution in [0.2, 0.25) is 0 Å². The minimum absolute atomic E-state index is 0.840. The number of nitrogens with zero attached hydrogens (tertiary/aromatic N) is 3. The van der Waals surface area contributed by atoms with Crippen molar-refractivity contribution < 1.29 is 13.3 Å². The maximum absolute atomic E-state index is 6.98. The Morgan fingerprint density at radius 3 is 1.01 bits per heavy atom. The number of rotatable bonds is 9. The van der Waals surface area contributed by atoms with Crippen molar-refractivity contribution in [3.63, 3.8) is 0 Å². The van der Waals surface area contributed by atoms with Gasteiger partial charge in [-0.25, -0.2) is 0 Å². The first-order valence-electron chi connectivity index (χ1n) is 46.1. The van der Waals surface area contributed by atoms with Crippen LogP contribution in [0, 0.1) is 0 Å². The van der Waals surface area contributed by atoms with Gasteiger partial charge >= 0.3 is 0 Å². The van der Waals surface area contributed by atoms with E-state index in [9.17, 15) is 0 Å². The van der Waals surface area contributed by atoms with Crippen LogP contribution in [-0.2, 0) is 6.42 Å². The molecule has 0 bridgehead atoms. The standard InChI is InChI=1S/C43H27NS.C42H25NO2.C42H25NOS/c1-3-11-27(12-4-1)31-24-32(28-13-5-2-6-14-28)26-33(25-31)44-38-18-10-9-17-37(38)41-39(44)22-21-36-35-20-19-30-23-29-15-7-8-16-34(29)40(30)42(35)45-43(36)41;1-3-11-26(12-4-1)28-23-29(27-13-5-2-6-14-27)25-30(24-28)43-35-17-9-7-15-33(35)39-36(43)21-19-31-32-20-22-38-40(42(32)45-41(31)39)34-16-8-10-18-37(34)44-38;1-3-11-26(12-4-1)28-23-29(27-13-5-2-6-14-27)25-30(24-28)43-35-17-9-7-15-33(35)39-36(43)21-19-31-32-20-22-38-40(42(32)44-41(31)39)34-16-8-10-18-37(34)45-38/h1-22,24-26H,23H2;2*1-25H. The lowest BCUT2D eigenvalue weighted by Crippen LogP contribution is -1.96. The monoisotopic (exact) mass is 1760 g/mol. The average molecular weight is 1760 g/mol. The molecule has 29 aromatic rings. The van der Waals surface area contributed by atoms with Crippen LogP contribution in [0.1, 0.15) is 11.1 Å². The Morgan fingerprint density at radius 2 is 0.533 bits per heavy atom. The molecule has 0 unspecified atom stereocenters. The van der Waals surface area contributed by atoms with Crippen molar-refractivity contribution in [1.29, 1.82) is 0 Å². The Kier molecular flexibility index (Phi) is 17.5. The van der Waals surface area contributed by atoms with E-state index in [-0.39, 0.29) is 0 Å². The number of hydrogen-bond donors (Lipinski definition) is 0. The van der Waals surface area contributed by atoms with Gasteiger partial charge in [-0.05, 0) is 229 Å². The average Bonchev–Trinajstić information content (AvgIpc) is 1.56. The van der Waals surface area contributed by atoms with Gasteiger partial charge in [0.1, 0.15) is 33.5 Å². The van der Waals surface area contributed by atoms with Crippen molar-refractivity contribution in [1.82, 2.24) is 13.7 Å². The van der Waals surface area contributed by atoms with Crippen molar-refractivity contribution in [3.8, 4) is 95.0 Å². The maximum atomic E-state index is 6.98. The summed E-state index contributed by atoms with van der Waals surface area (Å²) in [5, 5.41) is 19.1. The van der Waals surface area contributed by atoms with Crippen LogP contribution < -0.4 is 0 Å². The molecule has 30 rings (SSSR count). The molecule has 0 saturated carbocycles. The SMILES string of the molecule is c1ccc(-c2cc(-c3ccccc3)cc(-n3c4ccccc4c4c5oc6c(ccc7oc8ccccc8c76)c5ccc43)c2)cc1.c1ccc(-c2cc(-c3ccccc3)cc(-n3c4ccccc4c4c5oc6c(ccc7sc8ccccc8c76)c5ccc43)c2)cc1.c1ccc(-c2cc(-c3ccccc3)cc(-n3c4ccccc4c4c5sc6c7c(ccc6c5ccc43)Cc3ccccc3-7)c2)cc1.